The van der Waals surface area contributed by atoms with Crippen LogP contribution in [0.3, 0.4) is 0 Å². The van der Waals surface area contributed by atoms with Gasteiger partial charge in [-0.15, -0.1) is 0 Å². The molecule has 1 aliphatic rings. The lowest BCUT2D eigenvalue weighted by molar-refractivity contribution is -0.885. The Morgan fingerprint density at radius 3 is 2.71 bits per heavy atom. The molecule has 0 radical (unpaired) electrons. The number of quaternary nitrogens is 1. The lowest BCUT2D eigenvalue weighted by atomic mass is 10.1. The van der Waals surface area contributed by atoms with E-state index in [0.717, 1.165) is 21.9 Å². The van der Waals surface area contributed by atoms with Crippen LogP contribution in [0.4, 0.5) is 5.69 Å². The number of aryl methyl sites for hydroxylation is 1. The Labute approximate surface area is 170 Å². The van der Waals surface area contributed by atoms with Crippen LogP contribution in [0, 0.1) is 13.8 Å². The number of para-hydroxylation sites is 1. The third-order valence-corrected chi connectivity index (χ3v) is 7.20. The molecule has 3 rings (SSSR count). The van der Waals surface area contributed by atoms with Gasteiger partial charge >= 0.3 is 0 Å². The van der Waals surface area contributed by atoms with Crippen LogP contribution >= 0.6 is 11.6 Å². The smallest absolute Gasteiger partial charge is 0.279 e. The number of sulfone groups is 1. The molecule has 0 bridgehead atoms. The van der Waals surface area contributed by atoms with E-state index >= 15 is 0 Å². The fraction of sp³-hybridized carbons (Fsp3) is 0.474. The van der Waals surface area contributed by atoms with Crippen LogP contribution in [0.5, 0.6) is 0 Å². The van der Waals surface area contributed by atoms with Crippen molar-refractivity contribution < 1.29 is 18.1 Å². The molecule has 1 aromatic carbocycles. The molecule has 2 heterocycles. The Bertz CT molecular complexity index is 987. The number of carbonyl (C=O) groups is 1. The summed E-state index contributed by atoms with van der Waals surface area (Å²) in [6.45, 7) is 4.82. The number of amides is 1. The Morgan fingerprint density at radius 2 is 2.07 bits per heavy atom. The van der Waals surface area contributed by atoms with Crippen molar-refractivity contribution in [3.8, 4) is 0 Å². The van der Waals surface area contributed by atoms with E-state index in [1.54, 1.807) is 12.1 Å². The molecule has 152 valence electrons. The molecule has 2 N–H and O–H groups in total. The van der Waals surface area contributed by atoms with Gasteiger partial charge in [0.1, 0.15) is 6.54 Å². The summed E-state index contributed by atoms with van der Waals surface area (Å²) in [5, 5.41) is 7.93. The SMILES string of the molecule is Cc1nn([C@H]2CCS(=O)(=O)C2)c(C)c1C[NH+](C)CC(=O)Nc1ccccc1Cl. The third-order valence-electron chi connectivity index (χ3n) is 5.12. The predicted molar refractivity (Wildman–Crippen MR) is 110 cm³/mol. The molecule has 1 aliphatic heterocycles. The maximum absolute atomic E-state index is 12.3. The Hall–Kier alpha value is -1.90. The monoisotopic (exact) mass is 425 g/mol. The van der Waals surface area contributed by atoms with Gasteiger partial charge in [-0.25, -0.2) is 8.42 Å². The number of rotatable bonds is 6. The highest BCUT2D eigenvalue weighted by Crippen LogP contribution is 2.26. The van der Waals surface area contributed by atoms with Gasteiger partial charge < -0.3 is 10.2 Å². The molecule has 0 aliphatic carbocycles. The lowest BCUT2D eigenvalue weighted by Gasteiger charge is -2.15. The van der Waals surface area contributed by atoms with Crippen LogP contribution in [0.2, 0.25) is 5.02 Å². The minimum Gasteiger partial charge on any atom is -0.326 e. The highest BCUT2D eigenvalue weighted by molar-refractivity contribution is 7.91. The summed E-state index contributed by atoms with van der Waals surface area (Å²) in [5.74, 6) is 0.256. The van der Waals surface area contributed by atoms with Gasteiger partial charge in [0.05, 0.1) is 46.6 Å². The number of aromatic nitrogens is 2. The van der Waals surface area contributed by atoms with E-state index in [-0.39, 0.29) is 30.0 Å². The maximum atomic E-state index is 12.3. The Balaban J connectivity index is 1.65. The minimum atomic E-state index is -2.97. The van der Waals surface area contributed by atoms with E-state index in [9.17, 15) is 13.2 Å². The van der Waals surface area contributed by atoms with Gasteiger partial charge in [-0.05, 0) is 32.4 Å². The number of likely N-dealkylation sites (N-methyl/N-ethyl adjacent to an activating group) is 1. The highest BCUT2D eigenvalue weighted by Gasteiger charge is 2.31. The van der Waals surface area contributed by atoms with Crippen molar-refractivity contribution in [1.29, 1.82) is 0 Å². The van der Waals surface area contributed by atoms with Crippen LogP contribution in [0.15, 0.2) is 24.3 Å². The number of hydrogen-bond donors (Lipinski definition) is 2. The molecule has 2 atom stereocenters. The van der Waals surface area contributed by atoms with Crippen LogP contribution in [-0.4, -0.2) is 49.2 Å². The first-order valence-electron chi connectivity index (χ1n) is 9.27. The van der Waals surface area contributed by atoms with Gasteiger partial charge in [0.15, 0.2) is 16.4 Å². The molecule has 1 saturated heterocycles. The molecule has 7 nitrogen and oxygen atoms in total. The Kier molecular flexibility index (Phi) is 6.12. The normalized spacial score (nSPS) is 19.5. The molecule has 2 aromatic rings. The average molecular weight is 426 g/mol. The first kappa shape index (κ1) is 20.8. The zero-order valence-corrected chi connectivity index (χ0v) is 17.9. The van der Waals surface area contributed by atoms with E-state index < -0.39 is 9.84 Å². The van der Waals surface area contributed by atoms with Crippen LogP contribution in [-0.2, 0) is 21.2 Å². The summed E-state index contributed by atoms with van der Waals surface area (Å²) in [6.07, 6.45) is 0.604. The van der Waals surface area contributed by atoms with Crippen molar-refractivity contribution in [3.63, 3.8) is 0 Å². The number of anilines is 1. The number of nitrogens with zero attached hydrogens (tertiary/aromatic N) is 2. The lowest BCUT2D eigenvalue weighted by Crippen LogP contribution is -3.08. The molecule has 1 amide bonds. The largest absolute Gasteiger partial charge is 0.326 e. The molecule has 0 saturated carbocycles. The van der Waals surface area contributed by atoms with Crippen molar-refractivity contribution in [1.82, 2.24) is 9.78 Å². The fourth-order valence-corrected chi connectivity index (χ4v) is 5.55. The van der Waals surface area contributed by atoms with Gasteiger partial charge in [0.2, 0.25) is 0 Å². The summed E-state index contributed by atoms with van der Waals surface area (Å²) in [7, 11) is -1.02. The predicted octanol–water partition coefficient (Wildman–Crippen LogP) is 1.17. The second-order valence-corrected chi connectivity index (χ2v) is 10.1. The van der Waals surface area contributed by atoms with Gasteiger partial charge in [-0.2, -0.15) is 5.10 Å². The number of nitrogens with one attached hydrogen (secondary N) is 2. The standard InChI is InChI=1S/C19H25ClN4O3S/c1-13-16(14(2)24(22-13)15-8-9-28(26,27)12-15)10-23(3)11-19(25)21-18-7-5-4-6-17(18)20/h4-7,15H,8-12H2,1-3H3,(H,21,25)/p+1/t15-/m0/s1. The second-order valence-electron chi connectivity index (χ2n) is 7.49. The molecule has 1 fully saturated rings. The number of halogens is 1. The summed E-state index contributed by atoms with van der Waals surface area (Å²) < 4.78 is 25.4. The molecule has 1 unspecified atom stereocenters. The molecule has 1 aromatic heterocycles. The van der Waals surface area contributed by atoms with Crippen LogP contribution in [0.1, 0.15) is 29.4 Å². The molecule has 28 heavy (non-hydrogen) atoms. The summed E-state index contributed by atoms with van der Waals surface area (Å²) in [4.78, 5) is 13.4. The highest BCUT2D eigenvalue weighted by atomic mass is 35.5. The third kappa shape index (κ3) is 4.74. The van der Waals surface area contributed by atoms with E-state index in [2.05, 4.69) is 10.4 Å². The zero-order chi connectivity index (χ0) is 20.5. The second kappa shape index (κ2) is 8.23. The van der Waals surface area contributed by atoms with Gasteiger partial charge in [-0.1, -0.05) is 23.7 Å². The first-order valence-corrected chi connectivity index (χ1v) is 11.5. The summed E-state index contributed by atoms with van der Waals surface area (Å²) >= 11 is 6.09. The maximum Gasteiger partial charge on any atom is 0.279 e. The van der Waals surface area contributed by atoms with E-state index in [0.29, 0.717) is 23.7 Å². The van der Waals surface area contributed by atoms with E-state index in [1.807, 2.05) is 37.7 Å². The van der Waals surface area contributed by atoms with Crippen LogP contribution < -0.4 is 10.2 Å². The van der Waals surface area contributed by atoms with Crippen molar-refractivity contribution >= 4 is 33.0 Å². The number of benzene rings is 1. The fourth-order valence-electron chi connectivity index (χ4n) is 3.67. The molecule has 9 heteroatoms. The number of carbonyl (C=O) groups excluding carboxylic acids is 1. The van der Waals surface area contributed by atoms with Crippen molar-refractivity contribution in [3.05, 3.63) is 46.2 Å². The summed E-state index contributed by atoms with van der Waals surface area (Å²) in [6, 6.07) is 7.04. The number of hydrogen-bond acceptors (Lipinski definition) is 4. The quantitative estimate of drug-likeness (QED) is 0.727. The van der Waals surface area contributed by atoms with Crippen molar-refractivity contribution in [2.75, 3.05) is 30.4 Å². The van der Waals surface area contributed by atoms with Gasteiger partial charge in [-0.3, -0.25) is 9.48 Å². The molecular formula is C19H26ClN4O3S+. The van der Waals surface area contributed by atoms with Gasteiger partial charge in [0.25, 0.3) is 5.91 Å². The van der Waals surface area contributed by atoms with Crippen molar-refractivity contribution in [2.45, 2.75) is 32.9 Å². The van der Waals surface area contributed by atoms with Gasteiger partial charge in [0, 0.05) is 5.69 Å². The minimum absolute atomic E-state index is 0.0960. The van der Waals surface area contributed by atoms with E-state index in [4.69, 9.17) is 11.6 Å². The first-order chi connectivity index (χ1) is 13.2. The Morgan fingerprint density at radius 1 is 1.36 bits per heavy atom. The average Bonchev–Trinajstić information content (AvgIpc) is 3.10. The molecule has 0 spiro atoms. The summed E-state index contributed by atoms with van der Waals surface area (Å²) in [5.41, 5.74) is 3.52. The van der Waals surface area contributed by atoms with E-state index in [1.165, 1.54) is 0 Å². The van der Waals surface area contributed by atoms with Crippen LogP contribution in [0.25, 0.3) is 0 Å². The molecular weight excluding hydrogens is 400 g/mol. The zero-order valence-electron chi connectivity index (χ0n) is 16.3. The van der Waals surface area contributed by atoms with Crippen molar-refractivity contribution in [2.24, 2.45) is 0 Å². The topological polar surface area (TPSA) is 85.5 Å².